The van der Waals surface area contributed by atoms with Gasteiger partial charge in [-0.05, 0) is 38.3 Å². The maximum Gasteiger partial charge on any atom is 0.317 e. The molecule has 0 bridgehead atoms. The summed E-state index contributed by atoms with van der Waals surface area (Å²) in [7, 11) is 0. The molecule has 5 heteroatoms. The highest BCUT2D eigenvalue weighted by Gasteiger charge is 2.12. The van der Waals surface area contributed by atoms with E-state index in [1.807, 2.05) is 34.7 Å². The summed E-state index contributed by atoms with van der Waals surface area (Å²) in [6.45, 7) is 9.04. The molecule has 1 aromatic carbocycles. The lowest BCUT2D eigenvalue weighted by Gasteiger charge is -2.22. The first-order chi connectivity index (χ1) is 11.6. The van der Waals surface area contributed by atoms with Crippen LogP contribution in [-0.2, 0) is 13.1 Å². The van der Waals surface area contributed by atoms with E-state index in [2.05, 4.69) is 42.5 Å². The first-order valence-electron chi connectivity index (χ1n) is 8.68. The molecule has 130 valence electrons. The number of carbonyl (C=O) groups is 1. The Bertz CT molecular complexity index is 636. The quantitative estimate of drug-likeness (QED) is 0.754. The fraction of sp³-hybridized carbons (Fsp3) is 0.474. The third-order valence-electron chi connectivity index (χ3n) is 3.92. The van der Waals surface area contributed by atoms with Crippen molar-refractivity contribution in [1.29, 1.82) is 0 Å². The molecule has 0 aliphatic rings. The molecule has 0 aliphatic carbocycles. The highest BCUT2D eigenvalue weighted by atomic mass is 16.2. The number of rotatable bonds is 8. The van der Waals surface area contributed by atoms with Gasteiger partial charge in [-0.3, -0.25) is 4.68 Å². The van der Waals surface area contributed by atoms with E-state index in [-0.39, 0.29) is 6.03 Å². The summed E-state index contributed by atoms with van der Waals surface area (Å²) in [5, 5.41) is 7.47. The van der Waals surface area contributed by atoms with Crippen LogP contribution in [0.15, 0.2) is 36.4 Å². The average Bonchev–Trinajstić information content (AvgIpc) is 2.89. The summed E-state index contributed by atoms with van der Waals surface area (Å²) in [4.78, 5) is 14.3. The third kappa shape index (κ3) is 5.41. The summed E-state index contributed by atoms with van der Waals surface area (Å²) < 4.78 is 2.00. The van der Waals surface area contributed by atoms with Crippen molar-refractivity contribution in [3.63, 3.8) is 0 Å². The number of nitrogens with one attached hydrogen (secondary N) is 1. The minimum Gasteiger partial charge on any atom is -0.338 e. The Morgan fingerprint density at radius 1 is 1.25 bits per heavy atom. The largest absolute Gasteiger partial charge is 0.338 e. The number of benzene rings is 1. The molecule has 2 amide bonds. The number of hydrogen-bond acceptors (Lipinski definition) is 2. The predicted molar refractivity (Wildman–Crippen MR) is 96.9 cm³/mol. The van der Waals surface area contributed by atoms with E-state index in [1.54, 1.807) is 0 Å². The van der Waals surface area contributed by atoms with E-state index < -0.39 is 0 Å². The molecule has 24 heavy (non-hydrogen) atoms. The van der Waals surface area contributed by atoms with Gasteiger partial charge in [0.15, 0.2) is 0 Å². The zero-order valence-corrected chi connectivity index (χ0v) is 15.0. The van der Waals surface area contributed by atoms with Gasteiger partial charge >= 0.3 is 6.03 Å². The first kappa shape index (κ1) is 18.0. The van der Waals surface area contributed by atoms with E-state index in [4.69, 9.17) is 0 Å². The van der Waals surface area contributed by atoms with Crippen molar-refractivity contribution in [2.45, 2.75) is 46.7 Å². The molecule has 0 fully saturated rings. The SMILES string of the molecule is CCCN(Cc1ccccc1)C(=O)NCCCn1nc(C)cc1C. The topological polar surface area (TPSA) is 50.2 Å². The zero-order chi connectivity index (χ0) is 17.4. The number of urea groups is 1. The molecule has 1 aromatic heterocycles. The standard InChI is InChI=1S/C19H28N4O/c1-4-12-22(15-18-9-6-5-7-10-18)19(24)20-11-8-13-23-17(3)14-16(2)21-23/h5-7,9-10,14H,4,8,11-13,15H2,1-3H3,(H,20,24). The average molecular weight is 328 g/mol. The Balaban J connectivity index is 1.79. The summed E-state index contributed by atoms with van der Waals surface area (Å²) in [5.74, 6) is 0. The molecule has 0 saturated carbocycles. The number of aryl methyl sites for hydroxylation is 3. The molecule has 2 rings (SSSR count). The third-order valence-corrected chi connectivity index (χ3v) is 3.92. The van der Waals surface area contributed by atoms with Crippen LogP contribution in [0.1, 0.15) is 36.7 Å². The number of hydrogen-bond donors (Lipinski definition) is 1. The summed E-state index contributed by atoms with van der Waals surface area (Å²) in [5.41, 5.74) is 3.35. The fourth-order valence-corrected chi connectivity index (χ4v) is 2.76. The number of aromatic nitrogens is 2. The van der Waals surface area contributed by atoms with Gasteiger partial charge < -0.3 is 10.2 Å². The lowest BCUT2D eigenvalue weighted by Crippen LogP contribution is -2.40. The Kier molecular flexibility index (Phi) is 6.85. The van der Waals surface area contributed by atoms with E-state index in [9.17, 15) is 4.79 Å². The molecular formula is C19H28N4O. The van der Waals surface area contributed by atoms with Crippen molar-refractivity contribution >= 4 is 6.03 Å². The van der Waals surface area contributed by atoms with Crippen LogP contribution in [0.3, 0.4) is 0 Å². The van der Waals surface area contributed by atoms with E-state index in [1.165, 1.54) is 0 Å². The zero-order valence-electron chi connectivity index (χ0n) is 15.0. The van der Waals surface area contributed by atoms with Crippen molar-refractivity contribution in [2.24, 2.45) is 0 Å². The van der Waals surface area contributed by atoms with E-state index >= 15 is 0 Å². The molecule has 0 saturated heterocycles. The van der Waals surface area contributed by atoms with Crippen molar-refractivity contribution in [2.75, 3.05) is 13.1 Å². The summed E-state index contributed by atoms with van der Waals surface area (Å²) in [6.07, 6.45) is 1.82. The molecule has 1 N–H and O–H groups in total. The maximum absolute atomic E-state index is 12.4. The van der Waals surface area contributed by atoms with Gasteiger partial charge in [0, 0.05) is 31.9 Å². The normalized spacial score (nSPS) is 10.6. The van der Waals surface area contributed by atoms with Crippen molar-refractivity contribution in [3.8, 4) is 0 Å². The molecule has 0 atom stereocenters. The lowest BCUT2D eigenvalue weighted by molar-refractivity contribution is 0.195. The summed E-state index contributed by atoms with van der Waals surface area (Å²) >= 11 is 0. The molecular weight excluding hydrogens is 300 g/mol. The van der Waals surface area contributed by atoms with Gasteiger partial charge in [0.1, 0.15) is 0 Å². The van der Waals surface area contributed by atoms with Crippen molar-refractivity contribution in [3.05, 3.63) is 53.3 Å². The molecule has 0 aliphatic heterocycles. The second-order valence-electron chi connectivity index (χ2n) is 6.14. The first-order valence-corrected chi connectivity index (χ1v) is 8.68. The van der Waals surface area contributed by atoms with Gasteiger partial charge in [-0.25, -0.2) is 4.79 Å². The molecule has 5 nitrogen and oxygen atoms in total. The van der Waals surface area contributed by atoms with Crippen LogP contribution in [0.25, 0.3) is 0 Å². The Morgan fingerprint density at radius 2 is 2.00 bits per heavy atom. The fourth-order valence-electron chi connectivity index (χ4n) is 2.76. The van der Waals surface area contributed by atoms with Gasteiger partial charge in [-0.1, -0.05) is 37.3 Å². The molecule has 0 unspecified atom stereocenters. The van der Waals surface area contributed by atoms with Gasteiger partial charge in [-0.15, -0.1) is 0 Å². The highest BCUT2D eigenvalue weighted by Crippen LogP contribution is 2.06. The van der Waals surface area contributed by atoms with Crippen LogP contribution in [0, 0.1) is 13.8 Å². The monoisotopic (exact) mass is 328 g/mol. The molecule has 2 aromatic rings. The van der Waals surface area contributed by atoms with Crippen LogP contribution in [0.5, 0.6) is 0 Å². The smallest absolute Gasteiger partial charge is 0.317 e. The Morgan fingerprint density at radius 3 is 2.62 bits per heavy atom. The van der Waals surface area contributed by atoms with Crippen LogP contribution >= 0.6 is 0 Å². The van der Waals surface area contributed by atoms with Gasteiger partial charge in [-0.2, -0.15) is 5.10 Å². The minimum absolute atomic E-state index is 0.00840. The second-order valence-corrected chi connectivity index (χ2v) is 6.14. The van der Waals surface area contributed by atoms with Gasteiger partial charge in [0.2, 0.25) is 0 Å². The van der Waals surface area contributed by atoms with Gasteiger partial charge in [0.05, 0.1) is 5.69 Å². The highest BCUT2D eigenvalue weighted by molar-refractivity contribution is 5.74. The number of amides is 2. The maximum atomic E-state index is 12.4. The van der Waals surface area contributed by atoms with E-state index in [0.29, 0.717) is 13.1 Å². The predicted octanol–water partition coefficient (Wildman–Crippen LogP) is 3.51. The molecule has 1 heterocycles. The van der Waals surface area contributed by atoms with Crippen molar-refractivity contribution in [1.82, 2.24) is 20.0 Å². The van der Waals surface area contributed by atoms with Crippen LogP contribution in [0.2, 0.25) is 0 Å². The van der Waals surface area contributed by atoms with Crippen molar-refractivity contribution < 1.29 is 4.79 Å². The summed E-state index contributed by atoms with van der Waals surface area (Å²) in [6, 6.07) is 12.2. The molecule has 0 spiro atoms. The van der Waals surface area contributed by atoms with Crippen LogP contribution in [-0.4, -0.2) is 33.8 Å². The van der Waals surface area contributed by atoms with Gasteiger partial charge in [0.25, 0.3) is 0 Å². The van der Waals surface area contributed by atoms with Crippen LogP contribution in [0.4, 0.5) is 4.79 Å². The van der Waals surface area contributed by atoms with E-state index in [0.717, 1.165) is 42.9 Å². The minimum atomic E-state index is 0.00840. The number of nitrogens with zero attached hydrogens (tertiary/aromatic N) is 3. The second kappa shape index (κ2) is 9.11. The molecule has 0 radical (unpaired) electrons. The lowest BCUT2D eigenvalue weighted by atomic mass is 10.2. The Hall–Kier alpha value is -2.30. The number of carbonyl (C=O) groups excluding carboxylic acids is 1. The Labute approximate surface area is 144 Å². The van der Waals surface area contributed by atoms with Crippen LogP contribution < -0.4 is 5.32 Å².